The van der Waals surface area contributed by atoms with Gasteiger partial charge in [-0.3, -0.25) is 9.59 Å². The summed E-state index contributed by atoms with van der Waals surface area (Å²) in [5.74, 6) is -1.93. The molecule has 0 saturated carbocycles. The summed E-state index contributed by atoms with van der Waals surface area (Å²) in [5.41, 5.74) is 1.10. The number of amides is 4. The minimum Gasteiger partial charge on any atom is -0.426 e. The Morgan fingerprint density at radius 2 is 1.77 bits per heavy atom. The summed E-state index contributed by atoms with van der Waals surface area (Å²) in [6.45, 7) is 2.10. The molecule has 0 unspecified atom stereocenters. The number of hydrogen-bond acceptors (Lipinski definition) is 7. The summed E-state index contributed by atoms with van der Waals surface area (Å²) in [4.78, 5) is 41.6. The first-order valence-corrected chi connectivity index (χ1v) is 12.1. The molecule has 35 heavy (non-hydrogen) atoms. The second-order valence-electron chi connectivity index (χ2n) is 8.99. The molecular weight excluding hydrogens is 455 g/mol. The molecule has 11 nitrogen and oxygen atoms in total. The molecule has 2 aliphatic heterocycles. The number of likely N-dealkylation sites (tertiary alicyclic amines) is 1. The van der Waals surface area contributed by atoms with Crippen molar-refractivity contribution in [2.45, 2.75) is 50.2 Å². The van der Waals surface area contributed by atoms with Crippen LogP contribution >= 0.6 is 0 Å². The Labute approximate surface area is 205 Å². The molecule has 192 valence electrons. The Balaban J connectivity index is 1.61. The van der Waals surface area contributed by atoms with Crippen molar-refractivity contribution < 1.29 is 34.3 Å². The molecule has 0 bridgehead atoms. The Kier molecular flexibility index (Phi) is 10.3. The molecule has 0 aliphatic carbocycles. The maximum atomic E-state index is 13.1. The van der Waals surface area contributed by atoms with Crippen LogP contribution in [0.25, 0.3) is 0 Å². The molecule has 0 radical (unpaired) electrons. The Morgan fingerprint density at radius 3 is 2.40 bits per heavy atom. The van der Waals surface area contributed by atoms with Crippen LogP contribution in [0.15, 0.2) is 30.3 Å². The van der Waals surface area contributed by atoms with Gasteiger partial charge in [0.25, 0.3) is 0 Å². The van der Waals surface area contributed by atoms with Gasteiger partial charge in [0.1, 0.15) is 6.04 Å². The molecular formula is C23H35BN4O7. The lowest BCUT2D eigenvalue weighted by Gasteiger charge is -2.29. The van der Waals surface area contributed by atoms with Crippen LogP contribution in [-0.2, 0) is 20.7 Å². The fourth-order valence-electron chi connectivity index (χ4n) is 4.24. The summed E-state index contributed by atoms with van der Waals surface area (Å²) in [6, 6.07) is 7.95. The van der Waals surface area contributed by atoms with Gasteiger partial charge < -0.3 is 40.3 Å². The van der Waals surface area contributed by atoms with Gasteiger partial charge in [-0.15, -0.1) is 0 Å². The molecule has 3 atom stereocenters. The number of nitrogens with one attached hydrogen (secondary N) is 2. The van der Waals surface area contributed by atoms with E-state index in [0.29, 0.717) is 58.5 Å². The molecule has 4 amide bonds. The fourth-order valence-corrected chi connectivity index (χ4v) is 4.24. The largest absolute Gasteiger partial charge is 0.475 e. The van der Waals surface area contributed by atoms with Crippen LogP contribution in [0.1, 0.15) is 31.2 Å². The lowest BCUT2D eigenvalue weighted by atomic mass is 9.76. The van der Waals surface area contributed by atoms with E-state index in [9.17, 15) is 29.5 Å². The zero-order chi connectivity index (χ0) is 25.2. The van der Waals surface area contributed by atoms with Gasteiger partial charge in [-0.1, -0.05) is 30.3 Å². The molecule has 2 heterocycles. The summed E-state index contributed by atoms with van der Waals surface area (Å²) in [7, 11) is -1.80. The zero-order valence-corrected chi connectivity index (χ0v) is 19.8. The Morgan fingerprint density at radius 1 is 1.06 bits per heavy atom. The van der Waals surface area contributed by atoms with Crippen LogP contribution in [-0.4, -0.2) is 107 Å². The van der Waals surface area contributed by atoms with E-state index >= 15 is 0 Å². The molecule has 2 aliphatic rings. The fraction of sp³-hybridized carbons (Fsp3) is 0.609. The van der Waals surface area contributed by atoms with Crippen LogP contribution in [0.5, 0.6) is 0 Å². The van der Waals surface area contributed by atoms with Gasteiger partial charge in [-0.25, -0.2) is 4.79 Å². The third kappa shape index (κ3) is 8.50. The summed E-state index contributed by atoms with van der Waals surface area (Å²) in [6.07, 6.45) is 1.15. The maximum Gasteiger partial charge on any atom is 0.475 e. The van der Waals surface area contributed by atoms with Gasteiger partial charge in [0, 0.05) is 26.2 Å². The normalized spacial score (nSPS) is 19.7. The minimum atomic E-state index is -1.80. The number of morpholine rings is 1. The molecule has 2 fully saturated rings. The second-order valence-corrected chi connectivity index (χ2v) is 8.99. The van der Waals surface area contributed by atoms with Gasteiger partial charge in [0.05, 0.1) is 31.7 Å². The SMILES string of the molecule is O=C(N[C@@H](CCCc1ccccc1)B(O)O)[C@@H](CC(=O)N1CCOCC1)NC(=O)N1CC[C@H](O)C1. The standard InChI is InChI=1S/C23H35BN4O7/c29-18-9-10-28(16-18)23(32)25-19(15-21(30)27-11-13-35-14-12-27)22(31)26-20(24(33)34)8-4-7-17-5-2-1-3-6-17/h1-3,5-6,18-20,29,33-34H,4,7-16H2,(H,25,32)(H,26,31)/t18-,19+,20-/m0/s1. The predicted molar refractivity (Wildman–Crippen MR) is 128 cm³/mol. The highest BCUT2D eigenvalue weighted by molar-refractivity contribution is 6.43. The number of aliphatic hydroxyl groups excluding tert-OH is 1. The van der Waals surface area contributed by atoms with E-state index in [-0.39, 0.29) is 18.9 Å². The lowest BCUT2D eigenvalue weighted by molar-refractivity contribution is -0.138. The topological polar surface area (TPSA) is 152 Å². The van der Waals surface area contributed by atoms with Gasteiger partial charge in [0.15, 0.2) is 0 Å². The number of benzene rings is 1. The van der Waals surface area contributed by atoms with Crippen LogP contribution in [0, 0.1) is 0 Å². The highest BCUT2D eigenvalue weighted by Gasteiger charge is 2.33. The highest BCUT2D eigenvalue weighted by Crippen LogP contribution is 2.12. The van der Waals surface area contributed by atoms with E-state index < -0.39 is 37.1 Å². The minimum absolute atomic E-state index is 0.148. The third-order valence-electron chi connectivity index (χ3n) is 6.32. The first-order chi connectivity index (χ1) is 16.8. The number of carbonyl (C=O) groups is 3. The van der Waals surface area contributed by atoms with E-state index in [1.54, 1.807) is 4.90 Å². The van der Waals surface area contributed by atoms with Crippen LogP contribution in [0.2, 0.25) is 0 Å². The van der Waals surface area contributed by atoms with Gasteiger partial charge >= 0.3 is 13.1 Å². The van der Waals surface area contributed by atoms with Crippen molar-refractivity contribution in [3.63, 3.8) is 0 Å². The molecule has 3 rings (SSSR count). The molecule has 1 aromatic rings. The van der Waals surface area contributed by atoms with E-state index in [1.165, 1.54) is 4.90 Å². The maximum absolute atomic E-state index is 13.1. The van der Waals surface area contributed by atoms with Crippen LogP contribution in [0.3, 0.4) is 0 Å². The van der Waals surface area contributed by atoms with Gasteiger partial charge in [-0.05, 0) is 31.2 Å². The molecule has 5 N–H and O–H groups in total. The average Bonchev–Trinajstić information content (AvgIpc) is 3.30. The third-order valence-corrected chi connectivity index (χ3v) is 6.32. The van der Waals surface area contributed by atoms with Crippen molar-refractivity contribution in [1.29, 1.82) is 0 Å². The van der Waals surface area contributed by atoms with Gasteiger partial charge in [-0.2, -0.15) is 0 Å². The van der Waals surface area contributed by atoms with Crippen LogP contribution < -0.4 is 10.6 Å². The van der Waals surface area contributed by atoms with Crippen molar-refractivity contribution in [3.8, 4) is 0 Å². The van der Waals surface area contributed by atoms with Crippen molar-refractivity contribution in [2.24, 2.45) is 0 Å². The number of nitrogens with zero attached hydrogens (tertiary/aromatic N) is 2. The molecule has 1 aromatic carbocycles. The highest BCUT2D eigenvalue weighted by atomic mass is 16.5. The van der Waals surface area contributed by atoms with Crippen molar-refractivity contribution in [1.82, 2.24) is 20.4 Å². The predicted octanol–water partition coefficient (Wildman–Crippen LogP) is -1.10. The molecule has 0 spiro atoms. The number of aryl methyl sites for hydroxylation is 1. The average molecular weight is 490 g/mol. The van der Waals surface area contributed by atoms with E-state index in [4.69, 9.17) is 4.74 Å². The summed E-state index contributed by atoms with van der Waals surface area (Å²) in [5, 5.41) is 34.6. The number of hydrogen-bond donors (Lipinski definition) is 5. The quantitative estimate of drug-likeness (QED) is 0.261. The van der Waals surface area contributed by atoms with Crippen LogP contribution in [0.4, 0.5) is 4.79 Å². The Hall–Kier alpha value is -2.67. The van der Waals surface area contributed by atoms with E-state index in [1.807, 2.05) is 30.3 Å². The molecule has 0 aromatic heterocycles. The summed E-state index contributed by atoms with van der Waals surface area (Å²) >= 11 is 0. The number of ether oxygens (including phenoxy) is 1. The van der Waals surface area contributed by atoms with Crippen molar-refractivity contribution in [2.75, 3.05) is 39.4 Å². The first-order valence-electron chi connectivity index (χ1n) is 12.1. The summed E-state index contributed by atoms with van der Waals surface area (Å²) < 4.78 is 5.26. The zero-order valence-electron chi connectivity index (χ0n) is 19.8. The monoisotopic (exact) mass is 490 g/mol. The van der Waals surface area contributed by atoms with Crippen molar-refractivity contribution >= 4 is 25.0 Å². The van der Waals surface area contributed by atoms with Crippen molar-refractivity contribution in [3.05, 3.63) is 35.9 Å². The van der Waals surface area contributed by atoms with E-state index in [2.05, 4.69) is 10.6 Å². The Bertz CT molecular complexity index is 820. The second kappa shape index (κ2) is 13.4. The smallest absolute Gasteiger partial charge is 0.426 e. The molecule has 12 heteroatoms. The van der Waals surface area contributed by atoms with E-state index in [0.717, 1.165) is 5.56 Å². The number of carbonyl (C=O) groups excluding carboxylic acids is 3. The lowest BCUT2D eigenvalue weighted by Crippen LogP contribution is -2.57. The number of urea groups is 1. The first kappa shape index (κ1) is 26.9. The van der Waals surface area contributed by atoms with Gasteiger partial charge in [0.2, 0.25) is 11.8 Å². The number of aliphatic hydroxyl groups is 1. The molecule has 2 saturated heterocycles. The number of rotatable bonds is 10. The number of β-amino-alcohol motifs (C(OH)–C–C–N with tert-alkyl or cyclic N) is 1.